The summed E-state index contributed by atoms with van der Waals surface area (Å²) in [6.07, 6.45) is 0. The highest BCUT2D eigenvalue weighted by atomic mass is 19.1. The van der Waals surface area contributed by atoms with Gasteiger partial charge in [0.1, 0.15) is 19.0 Å². The van der Waals surface area contributed by atoms with Crippen molar-refractivity contribution in [2.45, 2.75) is 5.60 Å². The zero-order valence-electron chi connectivity index (χ0n) is 6.50. The molecule has 0 radical (unpaired) electrons. The number of hydrogen-bond donors (Lipinski definition) is 1. The summed E-state index contributed by atoms with van der Waals surface area (Å²) < 4.78 is 24.5. The first-order chi connectivity index (χ1) is 5.73. The predicted octanol–water partition coefficient (Wildman–Crippen LogP) is 1.81. The van der Waals surface area contributed by atoms with Crippen molar-refractivity contribution in [3.8, 4) is 0 Å². The summed E-state index contributed by atoms with van der Waals surface area (Å²) in [5.74, 6) is 0. The largest absolute Gasteiger partial charge is 0.380 e. The molecule has 0 aromatic heterocycles. The Morgan fingerprint density at radius 2 is 1.58 bits per heavy atom. The van der Waals surface area contributed by atoms with Gasteiger partial charge in [0, 0.05) is 0 Å². The van der Waals surface area contributed by atoms with Crippen LogP contribution in [0, 0.1) is 0 Å². The fourth-order valence-corrected chi connectivity index (χ4v) is 0.938. The molecule has 12 heavy (non-hydrogen) atoms. The molecule has 0 spiro atoms. The molecule has 0 saturated carbocycles. The van der Waals surface area contributed by atoms with Gasteiger partial charge in [0.05, 0.1) is 0 Å². The zero-order chi connectivity index (χ0) is 9.03. The summed E-state index contributed by atoms with van der Waals surface area (Å²) in [4.78, 5) is 0. The van der Waals surface area contributed by atoms with Gasteiger partial charge in [-0.2, -0.15) is 0 Å². The van der Waals surface area contributed by atoms with Gasteiger partial charge in [-0.3, -0.25) is 0 Å². The van der Waals surface area contributed by atoms with E-state index in [9.17, 15) is 13.9 Å². The quantitative estimate of drug-likeness (QED) is 0.737. The minimum Gasteiger partial charge on any atom is -0.380 e. The van der Waals surface area contributed by atoms with Crippen molar-refractivity contribution in [3.63, 3.8) is 0 Å². The van der Waals surface area contributed by atoms with Crippen LogP contribution in [0.2, 0.25) is 0 Å². The average Bonchev–Trinajstić information content (AvgIpc) is 2.18. The molecule has 0 aliphatic heterocycles. The van der Waals surface area contributed by atoms with Crippen molar-refractivity contribution in [2.24, 2.45) is 0 Å². The van der Waals surface area contributed by atoms with Crippen LogP contribution in [0.1, 0.15) is 5.56 Å². The smallest absolute Gasteiger partial charge is 0.146 e. The van der Waals surface area contributed by atoms with E-state index in [2.05, 4.69) is 0 Å². The highest BCUT2D eigenvalue weighted by Gasteiger charge is 2.28. The van der Waals surface area contributed by atoms with E-state index in [0.29, 0.717) is 0 Å². The van der Waals surface area contributed by atoms with Crippen LogP contribution in [0.4, 0.5) is 8.78 Å². The van der Waals surface area contributed by atoms with Crippen molar-refractivity contribution in [3.05, 3.63) is 35.9 Å². The Kier molecular flexibility index (Phi) is 2.76. The lowest BCUT2D eigenvalue weighted by Gasteiger charge is -2.20. The molecule has 1 N–H and O–H groups in total. The van der Waals surface area contributed by atoms with Crippen LogP contribution in [0.25, 0.3) is 0 Å². The molecule has 0 bridgehead atoms. The third kappa shape index (κ3) is 1.61. The predicted molar refractivity (Wildman–Crippen MR) is 42.3 cm³/mol. The summed E-state index contributed by atoms with van der Waals surface area (Å²) in [6, 6.07) is 7.98. The van der Waals surface area contributed by atoms with Crippen LogP contribution < -0.4 is 0 Å². The maximum Gasteiger partial charge on any atom is 0.146 e. The molecule has 0 saturated heterocycles. The number of benzene rings is 1. The van der Waals surface area contributed by atoms with Crippen molar-refractivity contribution in [2.75, 3.05) is 13.3 Å². The molecule has 1 aromatic rings. The maximum absolute atomic E-state index is 12.2. The van der Waals surface area contributed by atoms with Gasteiger partial charge >= 0.3 is 0 Å². The van der Waals surface area contributed by atoms with E-state index >= 15 is 0 Å². The van der Waals surface area contributed by atoms with Crippen molar-refractivity contribution >= 4 is 0 Å². The molecule has 0 heterocycles. The third-order valence-corrected chi connectivity index (χ3v) is 1.75. The van der Waals surface area contributed by atoms with E-state index in [1.54, 1.807) is 18.2 Å². The summed E-state index contributed by atoms with van der Waals surface area (Å²) in [6.45, 7) is -2.21. The topological polar surface area (TPSA) is 20.2 Å². The van der Waals surface area contributed by atoms with Gasteiger partial charge < -0.3 is 5.11 Å². The van der Waals surface area contributed by atoms with E-state index in [1.807, 2.05) is 0 Å². The molecule has 0 aliphatic rings. The number of halogens is 2. The summed E-state index contributed by atoms with van der Waals surface area (Å²) in [5.41, 5.74) is -1.68. The van der Waals surface area contributed by atoms with Crippen LogP contribution in [0.15, 0.2) is 30.3 Å². The molecule has 66 valence electrons. The standard InChI is InChI=1S/C9H10F2O/c10-6-9(12,7-11)8-4-2-1-3-5-8/h1-5,12H,6-7H2. The van der Waals surface area contributed by atoms with E-state index < -0.39 is 19.0 Å². The lowest BCUT2D eigenvalue weighted by atomic mass is 9.97. The zero-order valence-corrected chi connectivity index (χ0v) is 6.50. The maximum atomic E-state index is 12.2. The molecule has 1 nitrogen and oxygen atoms in total. The first kappa shape index (κ1) is 9.13. The minimum atomic E-state index is -1.96. The summed E-state index contributed by atoms with van der Waals surface area (Å²) in [7, 11) is 0. The minimum absolute atomic E-state index is 0.273. The molecule has 0 fully saturated rings. The Bertz CT molecular complexity index is 232. The van der Waals surface area contributed by atoms with E-state index in [-0.39, 0.29) is 5.56 Å². The Hall–Kier alpha value is -0.960. The van der Waals surface area contributed by atoms with Crippen molar-refractivity contribution in [1.29, 1.82) is 0 Å². The summed E-state index contributed by atoms with van der Waals surface area (Å²) in [5, 5.41) is 9.35. The van der Waals surface area contributed by atoms with Gasteiger partial charge in [0.15, 0.2) is 0 Å². The van der Waals surface area contributed by atoms with Gasteiger partial charge in [-0.15, -0.1) is 0 Å². The molecule has 0 atom stereocenters. The fourth-order valence-electron chi connectivity index (χ4n) is 0.938. The average molecular weight is 172 g/mol. The molecule has 0 aliphatic carbocycles. The third-order valence-electron chi connectivity index (χ3n) is 1.75. The number of aliphatic hydroxyl groups is 1. The van der Waals surface area contributed by atoms with Gasteiger partial charge in [0.25, 0.3) is 0 Å². The first-order valence-corrected chi connectivity index (χ1v) is 3.63. The lowest BCUT2D eigenvalue weighted by molar-refractivity contribution is -0.0111. The Morgan fingerprint density at radius 3 is 2.00 bits per heavy atom. The van der Waals surface area contributed by atoms with Gasteiger partial charge in [-0.05, 0) is 5.56 Å². The molecule has 0 unspecified atom stereocenters. The number of alkyl halides is 2. The van der Waals surface area contributed by atoms with Crippen LogP contribution >= 0.6 is 0 Å². The van der Waals surface area contributed by atoms with Crippen LogP contribution in [-0.4, -0.2) is 18.5 Å². The Balaban J connectivity index is 2.95. The highest BCUT2D eigenvalue weighted by molar-refractivity contribution is 5.22. The summed E-state index contributed by atoms with van der Waals surface area (Å²) >= 11 is 0. The van der Waals surface area contributed by atoms with Crippen molar-refractivity contribution < 1.29 is 13.9 Å². The van der Waals surface area contributed by atoms with Gasteiger partial charge in [-0.25, -0.2) is 8.78 Å². The van der Waals surface area contributed by atoms with E-state index in [4.69, 9.17) is 0 Å². The highest BCUT2D eigenvalue weighted by Crippen LogP contribution is 2.21. The Morgan fingerprint density at radius 1 is 1.08 bits per heavy atom. The monoisotopic (exact) mass is 172 g/mol. The normalized spacial score (nSPS) is 11.6. The number of rotatable bonds is 3. The molecular formula is C9H10F2O. The van der Waals surface area contributed by atoms with Crippen LogP contribution in [0.5, 0.6) is 0 Å². The molecule has 1 aromatic carbocycles. The fraction of sp³-hybridized carbons (Fsp3) is 0.333. The molecule has 3 heteroatoms. The SMILES string of the molecule is OC(CF)(CF)c1ccccc1. The van der Waals surface area contributed by atoms with Crippen molar-refractivity contribution in [1.82, 2.24) is 0 Å². The molecule has 0 amide bonds. The van der Waals surface area contributed by atoms with Gasteiger partial charge in [0.2, 0.25) is 0 Å². The van der Waals surface area contributed by atoms with Crippen LogP contribution in [0.3, 0.4) is 0 Å². The van der Waals surface area contributed by atoms with E-state index in [1.165, 1.54) is 12.1 Å². The lowest BCUT2D eigenvalue weighted by Crippen LogP contribution is -2.30. The second-order valence-corrected chi connectivity index (χ2v) is 2.66. The second-order valence-electron chi connectivity index (χ2n) is 2.66. The van der Waals surface area contributed by atoms with Gasteiger partial charge in [-0.1, -0.05) is 30.3 Å². The van der Waals surface area contributed by atoms with Crippen LogP contribution in [-0.2, 0) is 5.60 Å². The first-order valence-electron chi connectivity index (χ1n) is 3.63. The molecule has 1 rings (SSSR count). The van der Waals surface area contributed by atoms with E-state index in [0.717, 1.165) is 0 Å². The molecular weight excluding hydrogens is 162 g/mol. The Labute approximate surface area is 69.7 Å². The number of hydrogen-bond acceptors (Lipinski definition) is 1. The second kappa shape index (κ2) is 3.63.